The molecule has 0 saturated carbocycles. The second-order valence-electron chi connectivity index (χ2n) is 8.30. The van der Waals surface area contributed by atoms with Crippen molar-refractivity contribution in [1.29, 1.82) is 0 Å². The summed E-state index contributed by atoms with van der Waals surface area (Å²) in [6.07, 6.45) is -22.6. The van der Waals surface area contributed by atoms with Gasteiger partial charge in [0.1, 0.15) is 61.0 Å². The molecule has 3 fully saturated rings. The Kier molecular flexibility index (Phi) is 8.44. The molecule has 0 unspecified atom stereocenters. The van der Waals surface area contributed by atoms with Gasteiger partial charge in [-0.25, -0.2) is 0 Å². The van der Waals surface area contributed by atoms with Gasteiger partial charge < -0.3 is 69.6 Å². The van der Waals surface area contributed by atoms with E-state index in [4.69, 9.17) is 23.7 Å². The van der Waals surface area contributed by atoms with Gasteiger partial charge in [-0.15, -0.1) is 0 Å². The molecule has 3 aliphatic heterocycles. The summed E-state index contributed by atoms with van der Waals surface area (Å²) in [5.74, 6) is 0. The third kappa shape index (κ3) is 4.94. The maximum atomic E-state index is 10.6. The summed E-state index contributed by atoms with van der Waals surface area (Å²) in [4.78, 5) is 0. The van der Waals surface area contributed by atoms with Gasteiger partial charge in [0.25, 0.3) is 0 Å². The van der Waals surface area contributed by atoms with Crippen molar-refractivity contribution in [2.24, 2.45) is 0 Å². The molecule has 3 heterocycles. The lowest BCUT2D eigenvalue weighted by molar-refractivity contribution is -0.385. The molecule has 0 bridgehead atoms. The summed E-state index contributed by atoms with van der Waals surface area (Å²) >= 11 is 0. The van der Waals surface area contributed by atoms with Gasteiger partial charge >= 0.3 is 0 Å². The Morgan fingerprint density at radius 2 is 1.00 bits per heavy atom. The van der Waals surface area contributed by atoms with Gasteiger partial charge in [0.2, 0.25) is 0 Å². The van der Waals surface area contributed by atoms with Crippen molar-refractivity contribution in [3.63, 3.8) is 0 Å². The van der Waals surface area contributed by atoms with Gasteiger partial charge in [-0.3, -0.25) is 0 Å². The summed E-state index contributed by atoms with van der Waals surface area (Å²) in [6, 6.07) is 0. The van der Waals surface area contributed by atoms with Gasteiger partial charge in [0, 0.05) is 0 Å². The molecule has 0 aromatic rings. The van der Waals surface area contributed by atoms with E-state index in [2.05, 4.69) is 0 Å². The van der Waals surface area contributed by atoms with Crippen LogP contribution in [0.3, 0.4) is 0 Å². The molecular weight excluding hydrogens is 440 g/mol. The van der Waals surface area contributed by atoms with E-state index in [0.29, 0.717) is 0 Å². The molecule has 9 N–H and O–H groups in total. The van der Waals surface area contributed by atoms with Gasteiger partial charge in [-0.05, 0) is 13.8 Å². The van der Waals surface area contributed by atoms with E-state index < -0.39 is 98.7 Å². The zero-order chi connectivity index (χ0) is 23.9. The Labute approximate surface area is 183 Å². The van der Waals surface area contributed by atoms with Crippen LogP contribution in [0.4, 0.5) is 0 Å². The van der Waals surface area contributed by atoms with Crippen LogP contribution in [0.15, 0.2) is 0 Å². The van der Waals surface area contributed by atoms with Crippen molar-refractivity contribution >= 4 is 0 Å². The predicted molar refractivity (Wildman–Crippen MR) is 98.4 cm³/mol. The van der Waals surface area contributed by atoms with Gasteiger partial charge in [-0.2, -0.15) is 0 Å². The molecule has 3 saturated heterocycles. The zero-order valence-corrected chi connectivity index (χ0v) is 17.4. The fourth-order valence-corrected chi connectivity index (χ4v) is 3.92. The van der Waals surface area contributed by atoms with E-state index in [1.54, 1.807) is 0 Å². The van der Waals surface area contributed by atoms with E-state index in [1.807, 2.05) is 0 Å². The summed E-state index contributed by atoms with van der Waals surface area (Å²) < 4.78 is 27.0. The number of aliphatic hydroxyl groups excluding tert-OH is 9. The molecule has 3 rings (SSSR count). The first-order chi connectivity index (χ1) is 15.0. The average molecular weight is 472 g/mol. The normalized spacial score (nSPS) is 55.0. The van der Waals surface area contributed by atoms with Gasteiger partial charge in [0.05, 0.1) is 18.8 Å². The number of hydrogen-bond donors (Lipinski definition) is 9. The highest BCUT2D eigenvalue weighted by molar-refractivity contribution is 4.95. The van der Waals surface area contributed by atoms with E-state index in [0.717, 1.165) is 0 Å². The smallest absolute Gasteiger partial charge is 0.187 e. The summed E-state index contributed by atoms with van der Waals surface area (Å²) in [5, 5.41) is 90.6. The maximum Gasteiger partial charge on any atom is 0.187 e. The average Bonchev–Trinajstić information content (AvgIpc) is 2.76. The van der Waals surface area contributed by atoms with Crippen LogP contribution in [0.5, 0.6) is 0 Å². The third-order valence-electron chi connectivity index (χ3n) is 6.02. The minimum absolute atomic E-state index is 0.721. The van der Waals surface area contributed by atoms with Crippen molar-refractivity contribution in [3.05, 3.63) is 0 Å². The topological polar surface area (TPSA) is 228 Å². The SMILES string of the molecule is C[C@@H]1O[C@H](O[C@@H]2[C@@H](O[C@H]3O[C@@H](C)[C@@H](O)[C@@H](O)[C@@H]3O)[C@H](O)[C@@H](CO)O[C@@H]2O)[C@@H](O)[C@H](O)[C@@H]1O. The first-order valence-electron chi connectivity index (χ1n) is 10.3. The second-order valence-corrected chi connectivity index (χ2v) is 8.30. The minimum Gasteiger partial charge on any atom is -0.394 e. The van der Waals surface area contributed by atoms with Crippen LogP contribution in [0, 0.1) is 0 Å². The maximum absolute atomic E-state index is 10.6. The van der Waals surface area contributed by atoms with Gasteiger partial charge in [-0.1, -0.05) is 0 Å². The van der Waals surface area contributed by atoms with Crippen molar-refractivity contribution in [3.8, 4) is 0 Å². The molecule has 0 radical (unpaired) electrons. The lowest BCUT2D eigenvalue weighted by Crippen LogP contribution is -2.66. The number of ether oxygens (including phenoxy) is 5. The zero-order valence-electron chi connectivity index (χ0n) is 17.4. The Hall–Kier alpha value is -0.560. The van der Waals surface area contributed by atoms with Crippen LogP contribution >= 0.6 is 0 Å². The summed E-state index contributed by atoms with van der Waals surface area (Å²) in [5.41, 5.74) is 0. The Bertz CT molecular complexity index is 610. The quantitative estimate of drug-likeness (QED) is 0.182. The Morgan fingerprint density at radius 1 is 0.562 bits per heavy atom. The van der Waals surface area contributed by atoms with Crippen LogP contribution in [0.2, 0.25) is 0 Å². The van der Waals surface area contributed by atoms with Crippen LogP contribution in [-0.4, -0.2) is 145 Å². The van der Waals surface area contributed by atoms with E-state index in [-0.39, 0.29) is 0 Å². The van der Waals surface area contributed by atoms with Crippen LogP contribution in [0.1, 0.15) is 13.8 Å². The highest BCUT2D eigenvalue weighted by Crippen LogP contribution is 2.32. The van der Waals surface area contributed by atoms with E-state index in [1.165, 1.54) is 13.8 Å². The summed E-state index contributed by atoms with van der Waals surface area (Å²) in [7, 11) is 0. The second kappa shape index (κ2) is 10.4. The van der Waals surface area contributed by atoms with Crippen molar-refractivity contribution in [1.82, 2.24) is 0 Å². The Morgan fingerprint density at radius 3 is 1.44 bits per heavy atom. The van der Waals surface area contributed by atoms with Crippen molar-refractivity contribution in [2.45, 2.75) is 106 Å². The van der Waals surface area contributed by atoms with Crippen LogP contribution in [0.25, 0.3) is 0 Å². The first kappa shape index (κ1) is 26.1. The number of rotatable bonds is 5. The van der Waals surface area contributed by atoms with E-state index >= 15 is 0 Å². The molecule has 14 heteroatoms. The first-order valence-corrected chi connectivity index (χ1v) is 10.3. The highest BCUT2D eigenvalue weighted by Gasteiger charge is 2.53. The minimum atomic E-state index is -1.83. The fraction of sp³-hybridized carbons (Fsp3) is 1.00. The molecule has 14 nitrogen and oxygen atoms in total. The highest BCUT2D eigenvalue weighted by atomic mass is 16.8. The fourth-order valence-electron chi connectivity index (χ4n) is 3.92. The molecule has 0 aromatic carbocycles. The number of aliphatic hydroxyl groups is 9. The lowest BCUT2D eigenvalue weighted by atomic mass is 9.96. The van der Waals surface area contributed by atoms with Crippen molar-refractivity contribution in [2.75, 3.05) is 6.61 Å². The predicted octanol–water partition coefficient (Wildman–Crippen LogP) is -5.52. The Balaban J connectivity index is 1.81. The molecule has 0 aromatic heterocycles. The molecule has 32 heavy (non-hydrogen) atoms. The third-order valence-corrected chi connectivity index (χ3v) is 6.02. The van der Waals surface area contributed by atoms with Crippen LogP contribution in [-0.2, 0) is 23.7 Å². The summed E-state index contributed by atoms with van der Waals surface area (Å²) in [6.45, 7) is 2.10. The monoisotopic (exact) mass is 472 g/mol. The van der Waals surface area contributed by atoms with Gasteiger partial charge in [0.15, 0.2) is 18.9 Å². The lowest BCUT2D eigenvalue weighted by Gasteiger charge is -2.48. The number of hydrogen-bond acceptors (Lipinski definition) is 14. The molecule has 188 valence electrons. The van der Waals surface area contributed by atoms with Crippen LogP contribution < -0.4 is 0 Å². The molecule has 0 aliphatic carbocycles. The van der Waals surface area contributed by atoms with E-state index in [9.17, 15) is 46.0 Å². The molecule has 0 spiro atoms. The molecule has 15 atom stereocenters. The molecular formula is C18H32O14. The largest absolute Gasteiger partial charge is 0.394 e. The molecule has 3 aliphatic rings. The molecule has 0 amide bonds. The standard InChI is InChI=1S/C18H32O14/c1-4-7(20)10(23)12(25)17(28-4)31-14-9(22)6(3-19)30-16(27)15(14)32-18-13(26)11(24)8(21)5(2)29-18/h4-27H,3H2,1-2H3/t4-,5-,6+,7+,8+,9+,10+,11+,12-,13-,14-,15+,16-,17+,18+/m0/s1. The van der Waals surface area contributed by atoms with Crippen molar-refractivity contribution < 1.29 is 69.6 Å².